The van der Waals surface area contributed by atoms with Gasteiger partial charge in [0.05, 0.1) is 17.4 Å². The van der Waals surface area contributed by atoms with Crippen molar-refractivity contribution in [3.05, 3.63) is 117 Å². The number of fused-ring (bicyclic) bond motifs is 1. The summed E-state index contributed by atoms with van der Waals surface area (Å²) in [5.41, 5.74) is 2.40. The van der Waals surface area contributed by atoms with Crippen LogP contribution in [0.5, 0.6) is 0 Å². The van der Waals surface area contributed by atoms with Crippen molar-refractivity contribution in [1.29, 1.82) is 0 Å². The first-order valence-electron chi connectivity index (χ1n) is 10.3. The quantitative estimate of drug-likeness (QED) is 0.415. The maximum absolute atomic E-state index is 13.0. The van der Waals surface area contributed by atoms with E-state index in [0.717, 1.165) is 11.1 Å². The summed E-state index contributed by atoms with van der Waals surface area (Å²) in [5.74, 6) is 0.296. The molecule has 0 saturated heterocycles. The molecule has 0 bridgehead atoms. The number of hydrogen-bond acceptors (Lipinski definition) is 3. The summed E-state index contributed by atoms with van der Waals surface area (Å²) in [6, 6.07) is 24.4. The Morgan fingerprint density at radius 3 is 2.47 bits per heavy atom. The van der Waals surface area contributed by atoms with Gasteiger partial charge in [-0.1, -0.05) is 66.2 Å². The van der Waals surface area contributed by atoms with E-state index >= 15 is 0 Å². The van der Waals surface area contributed by atoms with E-state index in [-0.39, 0.29) is 18.0 Å². The minimum absolute atomic E-state index is 0.154. The van der Waals surface area contributed by atoms with Crippen LogP contribution in [0.4, 0.5) is 0 Å². The van der Waals surface area contributed by atoms with Gasteiger partial charge < -0.3 is 9.88 Å². The highest BCUT2D eigenvalue weighted by Gasteiger charge is 2.14. The van der Waals surface area contributed by atoms with Gasteiger partial charge in [-0.3, -0.25) is 9.59 Å². The number of H-pyrrole nitrogens is 1. The number of rotatable bonds is 7. The Kier molecular flexibility index (Phi) is 6.78. The molecule has 0 aliphatic carbocycles. The number of aromatic nitrogens is 2. The molecule has 1 amide bonds. The van der Waals surface area contributed by atoms with Crippen LogP contribution in [0.15, 0.2) is 89.7 Å². The van der Waals surface area contributed by atoms with Crippen molar-refractivity contribution < 1.29 is 4.79 Å². The fraction of sp³-hybridized carbons (Fsp3) is 0.115. The zero-order chi connectivity index (χ0) is 22.3. The highest BCUT2D eigenvalue weighted by atomic mass is 35.5. The molecule has 0 unspecified atom stereocenters. The molecule has 0 fully saturated rings. The Labute approximate surface area is 191 Å². The highest BCUT2D eigenvalue weighted by molar-refractivity contribution is 6.30. The smallest absolute Gasteiger partial charge is 0.258 e. The summed E-state index contributed by atoms with van der Waals surface area (Å²) >= 11 is 5.98. The lowest BCUT2D eigenvalue weighted by Crippen LogP contribution is -2.32. The number of carbonyl (C=O) groups is 1. The summed E-state index contributed by atoms with van der Waals surface area (Å²) in [4.78, 5) is 34.5. The van der Waals surface area contributed by atoms with Crippen LogP contribution >= 0.6 is 11.6 Å². The van der Waals surface area contributed by atoms with Gasteiger partial charge in [-0.05, 0) is 47.9 Å². The Balaban J connectivity index is 1.57. The average Bonchev–Trinajstić information content (AvgIpc) is 2.82. The standard InChI is InChI=1S/C26H22ClN3O2/c27-21-13-10-20(11-14-21)16-17-30(25(31)15-12-19-6-2-1-3-7-19)18-24-28-23-9-5-4-8-22(23)26(32)29-24/h1-15H,16-18H2,(H,28,29,32)/b15-12+. The van der Waals surface area contributed by atoms with E-state index in [4.69, 9.17) is 11.6 Å². The van der Waals surface area contributed by atoms with Crippen LogP contribution in [0.25, 0.3) is 17.0 Å². The van der Waals surface area contributed by atoms with Gasteiger partial charge in [0.25, 0.3) is 5.56 Å². The van der Waals surface area contributed by atoms with Crippen LogP contribution in [0, 0.1) is 0 Å². The maximum atomic E-state index is 13.0. The number of amides is 1. The van der Waals surface area contributed by atoms with Crippen LogP contribution in [0.3, 0.4) is 0 Å². The molecule has 4 rings (SSSR count). The van der Waals surface area contributed by atoms with Gasteiger partial charge in [0, 0.05) is 17.6 Å². The van der Waals surface area contributed by atoms with Gasteiger partial charge >= 0.3 is 0 Å². The molecule has 1 heterocycles. The van der Waals surface area contributed by atoms with Crippen LogP contribution < -0.4 is 5.56 Å². The predicted octanol–water partition coefficient (Wildman–Crippen LogP) is 4.86. The van der Waals surface area contributed by atoms with Crippen molar-refractivity contribution in [1.82, 2.24) is 14.9 Å². The zero-order valence-electron chi connectivity index (χ0n) is 17.4. The van der Waals surface area contributed by atoms with Gasteiger partial charge in [-0.2, -0.15) is 0 Å². The van der Waals surface area contributed by atoms with Crippen molar-refractivity contribution in [2.45, 2.75) is 13.0 Å². The average molecular weight is 444 g/mol. The molecule has 4 aromatic rings. The second-order valence-corrected chi connectivity index (χ2v) is 7.85. The third kappa shape index (κ3) is 5.50. The fourth-order valence-electron chi connectivity index (χ4n) is 3.41. The second kappa shape index (κ2) is 10.1. The fourth-order valence-corrected chi connectivity index (χ4v) is 3.54. The minimum Gasteiger partial charge on any atom is -0.331 e. The summed E-state index contributed by atoms with van der Waals surface area (Å²) in [6.45, 7) is 0.668. The molecular weight excluding hydrogens is 422 g/mol. The van der Waals surface area contributed by atoms with E-state index in [0.29, 0.717) is 34.7 Å². The molecule has 32 heavy (non-hydrogen) atoms. The van der Waals surface area contributed by atoms with Crippen LogP contribution in [0.2, 0.25) is 5.02 Å². The second-order valence-electron chi connectivity index (χ2n) is 7.41. The minimum atomic E-state index is -0.212. The molecule has 6 heteroatoms. The number of benzene rings is 3. The van der Waals surface area contributed by atoms with Crippen molar-refractivity contribution in [2.24, 2.45) is 0 Å². The SMILES string of the molecule is O=C(/C=C/c1ccccc1)N(CCc1ccc(Cl)cc1)Cc1nc2ccccc2c(=O)[nH]1. The Morgan fingerprint density at radius 1 is 0.969 bits per heavy atom. The third-order valence-corrected chi connectivity index (χ3v) is 5.37. The van der Waals surface area contributed by atoms with Gasteiger partial charge in [0.1, 0.15) is 5.82 Å². The summed E-state index contributed by atoms with van der Waals surface area (Å²) < 4.78 is 0. The monoisotopic (exact) mass is 443 g/mol. The number of para-hydroxylation sites is 1. The first-order chi connectivity index (χ1) is 15.6. The molecular formula is C26H22ClN3O2. The molecule has 0 aliphatic rings. The molecule has 0 radical (unpaired) electrons. The lowest BCUT2D eigenvalue weighted by Gasteiger charge is -2.21. The number of carbonyl (C=O) groups excluding carboxylic acids is 1. The van der Waals surface area contributed by atoms with Crippen molar-refractivity contribution in [3.8, 4) is 0 Å². The first kappa shape index (κ1) is 21.5. The molecule has 160 valence electrons. The van der Waals surface area contributed by atoms with Crippen LogP contribution in [-0.4, -0.2) is 27.3 Å². The van der Waals surface area contributed by atoms with Gasteiger partial charge in [-0.25, -0.2) is 4.98 Å². The molecule has 0 aliphatic heterocycles. The topological polar surface area (TPSA) is 66.1 Å². The summed E-state index contributed by atoms with van der Waals surface area (Å²) in [6.07, 6.45) is 3.99. The van der Waals surface area contributed by atoms with Crippen LogP contribution in [0.1, 0.15) is 17.0 Å². The predicted molar refractivity (Wildman–Crippen MR) is 128 cm³/mol. The van der Waals surface area contributed by atoms with E-state index in [1.807, 2.05) is 60.7 Å². The van der Waals surface area contributed by atoms with E-state index in [1.165, 1.54) is 0 Å². The van der Waals surface area contributed by atoms with Gasteiger partial charge in [-0.15, -0.1) is 0 Å². The summed E-state index contributed by atoms with van der Waals surface area (Å²) in [7, 11) is 0. The molecule has 5 nitrogen and oxygen atoms in total. The Bertz CT molecular complexity index is 1300. The number of halogens is 1. The molecule has 1 N–H and O–H groups in total. The van der Waals surface area contributed by atoms with E-state index in [2.05, 4.69) is 9.97 Å². The largest absolute Gasteiger partial charge is 0.331 e. The maximum Gasteiger partial charge on any atom is 0.258 e. The number of hydrogen-bond donors (Lipinski definition) is 1. The molecule has 0 atom stereocenters. The first-order valence-corrected chi connectivity index (χ1v) is 10.7. The van der Waals surface area contributed by atoms with Crippen molar-refractivity contribution in [2.75, 3.05) is 6.54 Å². The number of aromatic amines is 1. The van der Waals surface area contributed by atoms with E-state index in [9.17, 15) is 9.59 Å². The highest BCUT2D eigenvalue weighted by Crippen LogP contribution is 2.12. The normalized spacial score (nSPS) is 11.2. The number of nitrogens with zero attached hydrogens (tertiary/aromatic N) is 2. The Hall–Kier alpha value is -3.70. The lowest BCUT2D eigenvalue weighted by molar-refractivity contribution is -0.126. The Morgan fingerprint density at radius 2 is 1.69 bits per heavy atom. The van der Waals surface area contributed by atoms with E-state index in [1.54, 1.807) is 35.3 Å². The molecule has 1 aromatic heterocycles. The van der Waals surface area contributed by atoms with E-state index < -0.39 is 0 Å². The van der Waals surface area contributed by atoms with Gasteiger partial charge in [0.2, 0.25) is 5.91 Å². The van der Waals surface area contributed by atoms with Crippen LogP contribution in [-0.2, 0) is 17.8 Å². The molecule has 0 saturated carbocycles. The van der Waals surface area contributed by atoms with Crippen molar-refractivity contribution >= 4 is 34.5 Å². The molecule has 3 aromatic carbocycles. The zero-order valence-corrected chi connectivity index (χ0v) is 18.1. The molecule has 0 spiro atoms. The summed E-state index contributed by atoms with van der Waals surface area (Å²) in [5, 5.41) is 1.20. The van der Waals surface area contributed by atoms with Gasteiger partial charge in [0.15, 0.2) is 0 Å². The number of nitrogens with one attached hydrogen (secondary N) is 1. The third-order valence-electron chi connectivity index (χ3n) is 5.12. The van der Waals surface area contributed by atoms with Crippen molar-refractivity contribution in [3.63, 3.8) is 0 Å². The lowest BCUT2D eigenvalue weighted by atomic mass is 10.1.